The molecule has 31 heavy (non-hydrogen) atoms. The molecule has 0 saturated heterocycles. The molecule has 1 unspecified atom stereocenters. The number of hydrogen-bond acceptors (Lipinski definition) is 3. The van der Waals surface area contributed by atoms with E-state index in [0.717, 1.165) is 42.4 Å². The van der Waals surface area contributed by atoms with Gasteiger partial charge in [-0.3, -0.25) is 9.59 Å². The molecule has 0 bridgehead atoms. The van der Waals surface area contributed by atoms with Crippen molar-refractivity contribution in [2.45, 2.75) is 71.5 Å². The molecule has 1 atom stereocenters. The number of amides is 2. The van der Waals surface area contributed by atoms with Gasteiger partial charge in [0.25, 0.3) is 5.91 Å². The molecule has 2 amide bonds. The molecular formula is C26H34N2O3. The van der Waals surface area contributed by atoms with Gasteiger partial charge in [0.05, 0.1) is 0 Å². The van der Waals surface area contributed by atoms with Crippen molar-refractivity contribution in [3.05, 3.63) is 65.2 Å². The molecule has 1 N–H and O–H groups in total. The first kappa shape index (κ1) is 22.9. The second-order valence-corrected chi connectivity index (χ2v) is 8.63. The van der Waals surface area contributed by atoms with Crippen molar-refractivity contribution in [2.24, 2.45) is 0 Å². The van der Waals surface area contributed by atoms with Crippen LogP contribution in [-0.4, -0.2) is 35.4 Å². The van der Waals surface area contributed by atoms with E-state index in [0.29, 0.717) is 12.3 Å². The van der Waals surface area contributed by atoms with Crippen LogP contribution in [0.15, 0.2) is 48.5 Å². The number of ether oxygens (including phenoxy) is 1. The molecule has 3 rings (SSSR count). The standard InChI is InChI=1S/C26H34N2O3/c1-19-9-13-22(14-10-19)17-28(21(3)26(30)27-23-7-5-4-6-8-23)25(29)18-31-24-15-11-20(2)12-16-24/h9-16,21,23H,4-8,17-18H2,1-3H3,(H,27,30). The minimum absolute atomic E-state index is 0.0947. The third kappa shape index (κ3) is 6.84. The minimum atomic E-state index is -0.572. The van der Waals surface area contributed by atoms with Gasteiger partial charge in [0.15, 0.2) is 6.61 Å². The average molecular weight is 423 g/mol. The second kappa shape index (κ2) is 11.0. The van der Waals surface area contributed by atoms with E-state index in [-0.39, 0.29) is 24.5 Å². The third-order valence-corrected chi connectivity index (χ3v) is 5.98. The summed E-state index contributed by atoms with van der Waals surface area (Å²) in [6.07, 6.45) is 5.56. The van der Waals surface area contributed by atoms with E-state index in [4.69, 9.17) is 4.74 Å². The molecule has 1 aliphatic carbocycles. The molecule has 0 aliphatic heterocycles. The van der Waals surface area contributed by atoms with Gasteiger partial charge in [0.2, 0.25) is 5.91 Å². The van der Waals surface area contributed by atoms with Crippen LogP contribution in [0.5, 0.6) is 5.75 Å². The van der Waals surface area contributed by atoms with Gasteiger partial charge in [0.1, 0.15) is 11.8 Å². The molecule has 1 fully saturated rings. The number of benzene rings is 2. The summed E-state index contributed by atoms with van der Waals surface area (Å²) in [4.78, 5) is 27.7. The molecule has 5 nitrogen and oxygen atoms in total. The lowest BCUT2D eigenvalue weighted by Gasteiger charge is -2.31. The van der Waals surface area contributed by atoms with E-state index in [1.807, 2.05) is 62.4 Å². The van der Waals surface area contributed by atoms with Crippen molar-refractivity contribution < 1.29 is 14.3 Å². The molecule has 0 aromatic heterocycles. The lowest BCUT2D eigenvalue weighted by Crippen LogP contribution is -2.51. The SMILES string of the molecule is Cc1ccc(CN(C(=O)COc2ccc(C)cc2)C(C)C(=O)NC2CCCCC2)cc1. The van der Waals surface area contributed by atoms with E-state index in [1.165, 1.54) is 6.42 Å². The van der Waals surface area contributed by atoms with Gasteiger partial charge in [-0.1, -0.05) is 66.8 Å². The fourth-order valence-corrected chi connectivity index (χ4v) is 3.90. The smallest absolute Gasteiger partial charge is 0.261 e. The Morgan fingerprint density at radius 2 is 1.55 bits per heavy atom. The Morgan fingerprint density at radius 3 is 2.16 bits per heavy atom. The van der Waals surface area contributed by atoms with Crippen LogP contribution in [0.4, 0.5) is 0 Å². The quantitative estimate of drug-likeness (QED) is 0.679. The first-order valence-electron chi connectivity index (χ1n) is 11.3. The first-order chi connectivity index (χ1) is 14.9. The zero-order chi connectivity index (χ0) is 22.2. The summed E-state index contributed by atoms with van der Waals surface area (Å²) >= 11 is 0. The van der Waals surface area contributed by atoms with Crippen LogP contribution in [0, 0.1) is 13.8 Å². The Hall–Kier alpha value is -2.82. The van der Waals surface area contributed by atoms with Crippen LogP contribution in [-0.2, 0) is 16.1 Å². The largest absolute Gasteiger partial charge is 0.484 e. The van der Waals surface area contributed by atoms with Crippen LogP contribution >= 0.6 is 0 Å². The fourth-order valence-electron chi connectivity index (χ4n) is 3.90. The van der Waals surface area contributed by atoms with E-state index in [2.05, 4.69) is 5.32 Å². The Kier molecular flexibility index (Phi) is 8.10. The number of aryl methyl sites for hydroxylation is 2. The Bertz CT molecular complexity index is 855. The first-order valence-corrected chi connectivity index (χ1v) is 11.3. The molecule has 0 radical (unpaired) electrons. The van der Waals surface area contributed by atoms with Gasteiger partial charge in [0, 0.05) is 12.6 Å². The van der Waals surface area contributed by atoms with Crippen molar-refractivity contribution in [3.63, 3.8) is 0 Å². The molecule has 1 aliphatic rings. The van der Waals surface area contributed by atoms with Gasteiger partial charge in [-0.25, -0.2) is 0 Å². The summed E-state index contributed by atoms with van der Waals surface area (Å²) in [5, 5.41) is 3.16. The van der Waals surface area contributed by atoms with Crippen LogP contribution in [0.1, 0.15) is 55.7 Å². The Morgan fingerprint density at radius 1 is 0.968 bits per heavy atom. The highest BCUT2D eigenvalue weighted by molar-refractivity contribution is 5.88. The molecule has 5 heteroatoms. The third-order valence-electron chi connectivity index (χ3n) is 5.98. The average Bonchev–Trinajstić information content (AvgIpc) is 2.78. The molecular weight excluding hydrogens is 388 g/mol. The van der Waals surface area contributed by atoms with Crippen molar-refractivity contribution in [1.82, 2.24) is 10.2 Å². The summed E-state index contributed by atoms with van der Waals surface area (Å²) in [6, 6.07) is 15.3. The van der Waals surface area contributed by atoms with Crippen molar-refractivity contribution in [2.75, 3.05) is 6.61 Å². The molecule has 0 spiro atoms. The minimum Gasteiger partial charge on any atom is -0.484 e. The highest BCUT2D eigenvalue weighted by Crippen LogP contribution is 2.19. The normalized spacial score (nSPS) is 15.2. The number of carbonyl (C=O) groups is 2. The molecule has 2 aromatic rings. The van der Waals surface area contributed by atoms with Crippen LogP contribution in [0.2, 0.25) is 0 Å². The van der Waals surface area contributed by atoms with Crippen LogP contribution < -0.4 is 10.1 Å². The maximum absolute atomic E-state index is 13.1. The monoisotopic (exact) mass is 422 g/mol. The van der Waals surface area contributed by atoms with Gasteiger partial charge in [-0.2, -0.15) is 0 Å². The van der Waals surface area contributed by atoms with Gasteiger partial charge in [-0.15, -0.1) is 0 Å². The van der Waals surface area contributed by atoms with Gasteiger partial charge in [-0.05, 0) is 51.3 Å². The summed E-state index contributed by atoms with van der Waals surface area (Å²) in [5.41, 5.74) is 3.28. The molecule has 2 aromatic carbocycles. The summed E-state index contributed by atoms with van der Waals surface area (Å²) in [7, 11) is 0. The molecule has 0 heterocycles. The van der Waals surface area contributed by atoms with Crippen molar-refractivity contribution >= 4 is 11.8 Å². The maximum atomic E-state index is 13.1. The van der Waals surface area contributed by atoms with E-state index in [1.54, 1.807) is 11.8 Å². The predicted molar refractivity (Wildman–Crippen MR) is 123 cm³/mol. The number of rotatable bonds is 8. The maximum Gasteiger partial charge on any atom is 0.261 e. The van der Waals surface area contributed by atoms with E-state index < -0.39 is 6.04 Å². The number of hydrogen-bond donors (Lipinski definition) is 1. The highest BCUT2D eigenvalue weighted by atomic mass is 16.5. The predicted octanol–water partition coefficient (Wildman–Crippen LogP) is 4.55. The fraction of sp³-hybridized carbons (Fsp3) is 0.462. The van der Waals surface area contributed by atoms with Gasteiger partial charge >= 0.3 is 0 Å². The topological polar surface area (TPSA) is 58.6 Å². The Labute approximate surface area is 185 Å². The van der Waals surface area contributed by atoms with Crippen molar-refractivity contribution in [3.8, 4) is 5.75 Å². The summed E-state index contributed by atoms with van der Waals surface area (Å²) in [5.74, 6) is 0.351. The second-order valence-electron chi connectivity index (χ2n) is 8.63. The van der Waals surface area contributed by atoms with Crippen LogP contribution in [0.3, 0.4) is 0 Å². The number of carbonyl (C=O) groups excluding carboxylic acids is 2. The van der Waals surface area contributed by atoms with Crippen molar-refractivity contribution in [1.29, 1.82) is 0 Å². The zero-order valence-electron chi connectivity index (χ0n) is 18.9. The number of nitrogens with one attached hydrogen (secondary N) is 1. The Balaban J connectivity index is 1.69. The zero-order valence-corrected chi connectivity index (χ0v) is 18.9. The van der Waals surface area contributed by atoms with Crippen LogP contribution in [0.25, 0.3) is 0 Å². The highest BCUT2D eigenvalue weighted by Gasteiger charge is 2.28. The summed E-state index contributed by atoms with van der Waals surface area (Å²) in [6.45, 7) is 6.11. The van der Waals surface area contributed by atoms with Gasteiger partial charge < -0.3 is 15.0 Å². The molecule has 166 valence electrons. The number of nitrogens with zero attached hydrogens (tertiary/aromatic N) is 1. The lowest BCUT2D eigenvalue weighted by molar-refractivity contribution is -0.142. The lowest BCUT2D eigenvalue weighted by atomic mass is 9.95. The molecule has 1 saturated carbocycles. The summed E-state index contributed by atoms with van der Waals surface area (Å²) < 4.78 is 5.72. The van der Waals surface area contributed by atoms with E-state index >= 15 is 0 Å². The van der Waals surface area contributed by atoms with E-state index in [9.17, 15) is 9.59 Å².